The molecule has 1 unspecified atom stereocenters. The summed E-state index contributed by atoms with van der Waals surface area (Å²) in [5.41, 5.74) is -0.223. The first-order valence-electron chi connectivity index (χ1n) is 6.00. The van der Waals surface area contributed by atoms with E-state index >= 15 is 0 Å². The van der Waals surface area contributed by atoms with Crippen molar-refractivity contribution in [2.75, 3.05) is 24.6 Å². The molecule has 4 heteroatoms. The van der Waals surface area contributed by atoms with Crippen molar-refractivity contribution >= 4 is 10.8 Å². The van der Waals surface area contributed by atoms with E-state index in [9.17, 15) is 4.21 Å². The lowest BCUT2D eigenvalue weighted by Gasteiger charge is -2.26. The summed E-state index contributed by atoms with van der Waals surface area (Å²) >= 11 is 0. The number of rotatable bonds is 7. The van der Waals surface area contributed by atoms with E-state index in [0.29, 0.717) is 5.92 Å². The highest BCUT2D eigenvalue weighted by Gasteiger charge is 2.19. The first kappa shape index (κ1) is 13.7. The van der Waals surface area contributed by atoms with Gasteiger partial charge in [0.15, 0.2) is 0 Å². The van der Waals surface area contributed by atoms with Crippen molar-refractivity contribution in [1.82, 2.24) is 5.32 Å². The van der Waals surface area contributed by atoms with Crippen molar-refractivity contribution in [2.45, 2.75) is 33.1 Å². The number of hydrogen-bond acceptors (Lipinski definition) is 3. The van der Waals surface area contributed by atoms with Crippen molar-refractivity contribution in [2.24, 2.45) is 11.3 Å². The Labute approximate surface area is 101 Å². The highest BCUT2D eigenvalue weighted by molar-refractivity contribution is 7.84. The second kappa shape index (κ2) is 6.36. The summed E-state index contributed by atoms with van der Waals surface area (Å²) in [5.74, 6) is 2.29. The second-order valence-electron chi connectivity index (χ2n) is 5.29. The second-order valence-corrected chi connectivity index (χ2v) is 6.91. The molecule has 0 aromatic carbocycles. The van der Waals surface area contributed by atoms with Gasteiger partial charge in [0.1, 0.15) is 0 Å². The molecular formula is C12H22N2OS. The maximum atomic E-state index is 11.7. The zero-order valence-corrected chi connectivity index (χ0v) is 11.1. The third-order valence-electron chi connectivity index (χ3n) is 3.01. The van der Waals surface area contributed by atoms with Crippen LogP contribution in [0.5, 0.6) is 0 Å². The molecule has 16 heavy (non-hydrogen) atoms. The van der Waals surface area contributed by atoms with Crippen molar-refractivity contribution in [1.29, 1.82) is 5.26 Å². The monoisotopic (exact) mass is 242 g/mol. The predicted molar refractivity (Wildman–Crippen MR) is 67.5 cm³/mol. The highest BCUT2D eigenvalue weighted by atomic mass is 32.2. The molecule has 1 rings (SSSR count). The molecule has 0 bridgehead atoms. The van der Waals surface area contributed by atoms with Gasteiger partial charge in [-0.2, -0.15) is 5.26 Å². The van der Waals surface area contributed by atoms with Gasteiger partial charge >= 0.3 is 0 Å². The van der Waals surface area contributed by atoms with Crippen LogP contribution in [0.3, 0.4) is 0 Å². The quantitative estimate of drug-likeness (QED) is 0.691. The average Bonchev–Trinajstić information content (AvgIpc) is 2.19. The zero-order chi connectivity index (χ0) is 12.0. The molecule has 0 amide bonds. The molecule has 92 valence electrons. The molecule has 0 aliphatic carbocycles. The van der Waals surface area contributed by atoms with E-state index in [0.717, 1.165) is 43.9 Å². The molecule has 1 atom stereocenters. The number of unbranched alkanes of at least 4 members (excludes halogenated alkanes) is 1. The van der Waals surface area contributed by atoms with E-state index in [1.54, 1.807) is 0 Å². The lowest BCUT2D eigenvalue weighted by molar-refractivity contribution is 0.382. The first-order valence-corrected chi connectivity index (χ1v) is 7.49. The van der Waals surface area contributed by atoms with Crippen LogP contribution in [0.4, 0.5) is 0 Å². The van der Waals surface area contributed by atoms with Gasteiger partial charge in [0.05, 0.1) is 11.5 Å². The van der Waals surface area contributed by atoms with Crippen molar-refractivity contribution < 1.29 is 4.21 Å². The van der Waals surface area contributed by atoms with Gasteiger partial charge in [-0.25, -0.2) is 0 Å². The largest absolute Gasteiger partial charge is 0.316 e. The van der Waals surface area contributed by atoms with Crippen LogP contribution < -0.4 is 5.32 Å². The van der Waals surface area contributed by atoms with E-state index in [4.69, 9.17) is 5.26 Å². The van der Waals surface area contributed by atoms with Gasteiger partial charge in [-0.15, -0.1) is 0 Å². The topological polar surface area (TPSA) is 52.9 Å². The third kappa shape index (κ3) is 5.09. The van der Waals surface area contributed by atoms with Gasteiger partial charge in [-0.3, -0.25) is 4.21 Å². The van der Waals surface area contributed by atoms with Crippen LogP contribution in [-0.2, 0) is 10.8 Å². The Kier molecular flexibility index (Phi) is 5.43. The summed E-state index contributed by atoms with van der Waals surface area (Å²) in [6, 6.07) is 2.30. The molecule has 0 aromatic rings. The molecule has 1 saturated heterocycles. The van der Waals surface area contributed by atoms with Crippen molar-refractivity contribution in [3.8, 4) is 6.07 Å². The molecule has 1 fully saturated rings. The van der Waals surface area contributed by atoms with Crippen LogP contribution in [0.2, 0.25) is 0 Å². The van der Waals surface area contributed by atoms with Crippen LogP contribution in [0.1, 0.15) is 33.1 Å². The normalized spacial score (nSPS) is 18.8. The highest BCUT2D eigenvalue weighted by Crippen LogP contribution is 2.21. The summed E-state index contributed by atoms with van der Waals surface area (Å²) < 4.78 is 11.7. The summed E-state index contributed by atoms with van der Waals surface area (Å²) in [7, 11) is -0.652. The smallest absolute Gasteiger partial charge is 0.0683 e. The van der Waals surface area contributed by atoms with Crippen LogP contribution in [0, 0.1) is 22.7 Å². The Balaban J connectivity index is 2.02. The Hall–Kier alpha value is -0.400. The number of nitrogens with zero attached hydrogens (tertiary/aromatic N) is 1. The van der Waals surface area contributed by atoms with E-state index < -0.39 is 10.8 Å². The molecule has 1 N–H and O–H groups in total. The fourth-order valence-corrected chi connectivity index (χ4v) is 3.15. The summed E-state index contributed by atoms with van der Waals surface area (Å²) in [6.07, 6.45) is 2.90. The maximum absolute atomic E-state index is 11.7. The minimum Gasteiger partial charge on any atom is -0.316 e. The average molecular weight is 242 g/mol. The fraction of sp³-hybridized carbons (Fsp3) is 0.917. The molecular weight excluding hydrogens is 220 g/mol. The maximum Gasteiger partial charge on any atom is 0.0683 e. The lowest BCUT2D eigenvalue weighted by Crippen LogP contribution is -2.44. The Morgan fingerprint density at radius 1 is 1.44 bits per heavy atom. The number of hydrogen-bond donors (Lipinski definition) is 1. The zero-order valence-electron chi connectivity index (χ0n) is 10.3. The van der Waals surface area contributed by atoms with Crippen LogP contribution in [0.25, 0.3) is 0 Å². The van der Waals surface area contributed by atoms with E-state index in [1.165, 1.54) is 0 Å². The predicted octanol–water partition coefficient (Wildman–Crippen LogP) is 1.67. The van der Waals surface area contributed by atoms with Gasteiger partial charge in [-0.05, 0) is 32.6 Å². The standard InChI is InChI=1S/C12H22N2OS/c1-12(2,10-13)5-3-4-6-16(15)9-11-7-14-8-11/h11,14H,3-9H2,1-2H3. The van der Waals surface area contributed by atoms with Crippen molar-refractivity contribution in [3.63, 3.8) is 0 Å². The molecule has 1 aliphatic heterocycles. The minimum atomic E-state index is -0.652. The Bertz CT molecular complexity index is 279. The number of nitrogens with one attached hydrogen (secondary N) is 1. The first-order chi connectivity index (χ1) is 7.53. The van der Waals surface area contributed by atoms with Crippen LogP contribution >= 0.6 is 0 Å². The summed E-state index contributed by atoms with van der Waals surface area (Å²) in [5, 5.41) is 12.0. The number of nitriles is 1. The molecule has 0 aromatic heterocycles. The minimum absolute atomic E-state index is 0.223. The van der Waals surface area contributed by atoms with Gasteiger partial charge in [-0.1, -0.05) is 6.42 Å². The third-order valence-corrected chi connectivity index (χ3v) is 4.60. The molecule has 1 aliphatic rings. The van der Waals surface area contributed by atoms with Gasteiger partial charge in [0.25, 0.3) is 0 Å². The fourth-order valence-electron chi connectivity index (χ4n) is 1.70. The molecule has 1 heterocycles. The SMILES string of the molecule is CC(C)(C#N)CCCCS(=O)CC1CNC1. The van der Waals surface area contributed by atoms with Gasteiger partial charge < -0.3 is 5.32 Å². The van der Waals surface area contributed by atoms with E-state index in [2.05, 4.69) is 11.4 Å². The lowest BCUT2D eigenvalue weighted by atomic mass is 9.89. The molecule has 0 radical (unpaired) electrons. The Morgan fingerprint density at radius 2 is 2.12 bits per heavy atom. The molecule has 0 saturated carbocycles. The van der Waals surface area contributed by atoms with Gasteiger partial charge in [0, 0.05) is 35.4 Å². The van der Waals surface area contributed by atoms with E-state index in [-0.39, 0.29) is 5.41 Å². The van der Waals surface area contributed by atoms with Crippen LogP contribution in [-0.4, -0.2) is 28.8 Å². The van der Waals surface area contributed by atoms with Crippen LogP contribution in [0.15, 0.2) is 0 Å². The summed E-state index contributed by atoms with van der Waals surface area (Å²) in [6.45, 7) is 5.99. The van der Waals surface area contributed by atoms with E-state index in [1.807, 2.05) is 13.8 Å². The van der Waals surface area contributed by atoms with Crippen molar-refractivity contribution in [3.05, 3.63) is 0 Å². The summed E-state index contributed by atoms with van der Waals surface area (Å²) in [4.78, 5) is 0. The molecule has 3 nitrogen and oxygen atoms in total. The Morgan fingerprint density at radius 3 is 2.62 bits per heavy atom. The van der Waals surface area contributed by atoms with Gasteiger partial charge in [0.2, 0.25) is 0 Å². The molecule has 0 spiro atoms.